The van der Waals surface area contributed by atoms with Crippen LogP contribution in [0.4, 0.5) is 0 Å². The van der Waals surface area contributed by atoms with Crippen molar-refractivity contribution in [3.05, 3.63) is 23.8 Å². The maximum Gasteiger partial charge on any atom is 0.308 e. The predicted molar refractivity (Wildman–Crippen MR) is 73.0 cm³/mol. The van der Waals surface area contributed by atoms with Crippen LogP contribution in [0.25, 0.3) is 0 Å². The Bertz CT molecular complexity index is 500. The zero-order chi connectivity index (χ0) is 15.3. The monoisotopic (exact) mass is 281 g/mol. The van der Waals surface area contributed by atoms with Gasteiger partial charge in [0.2, 0.25) is 0 Å². The molecule has 0 aliphatic carbocycles. The Morgan fingerprint density at radius 2 is 2.05 bits per heavy atom. The van der Waals surface area contributed by atoms with Gasteiger partial charge in [0, 0.05) is 13.1 Å². The molecule has 0 saturated carbocycles. The topological polar surface area (TPSA) is 87.1 Å². The highest BCUT2D eigenvalue weighted by atomic mass is 16.5. The summed E-state index contributed by atoms with van der Waals surface area (Å²) in [6.45, 7) is 3.72. The summed E-state index contributed by atoms with van der Waals surface area (Å²) in [6.07, 6.45) is 0. The number of phenols is 1. The van der Waals surface area contributed by atoms with Crippen molar-refractivity contribution in [2.45, 2.75) is 13.8 Å². The highest BCUT2D eigenvalue weighted by Gasteiger charge is 2.22. The van der Waals surface area contributed by atoms with E-state index in [0.29, 0.717) is 12.3 Å². The summed E-state index contributed by atoms with van der Waals surface area (Å²) in [7, 11) is 1.46. The first kappa shape index (κ1) is 15.8. The van der Waals surface area contributed by atoms with Gasteiger partial charge in [-0.2, -0.15) is 0 Å². The third-order valence-electron chi connectivity index (χ3n) is 3.02. The van der Waals surface area contributed by atoms with Crippen LogP contribution in [-0.2, 0) is 4.79 Å². The minimum atomic E-state index is -0.967. The number of phenolic OH excluding ortho intramolecular Hbond substituents is 1. The molecule has 6 nitrogen and oxygen atoms in total. The van der Waals surface area contributed by atoms with Gasteiger partial charge in [-0.1, -0.05) is 6.92 Å². The molecule has 1 aromatic carbocycles. The average Bonchev–Trinajstić information content (AvgIpc) is 2.44. The van der Waals surface area contributed by atoms with Gasteiger partial charge in [0.15, 0.2) is 0 Å². The first-order chi connectivity index (χ1) is 9.40. The molecular weight excluding hydrogens is 262 g/mol. The van der Waals surface area contributed by atoms with Crippen LogP contribution in [0.15, 0.2) is 18.2 Å². The van der Waals surface area contributed by atoms with Gasteiger partial charge in [0.1, 0.15) is 11.5 Å². The van der Waals surface area contributed by atoms with Gasteiger partial charge in [0.05, 0.1) is 18.6 Å². The van der Waals surface area contributed by atoms with Crippen molar-refractivity contribution >= 4 is 11.9 Å². The van der Waals surface area contributed by atoms with Gasteiger partial charge < -0.3 is 19.8 Å². The summed E-state index contributed by atoms with van der Waals surface area (Å²) >= 11 is 0. The fourth-order valence-corrected chi connectivity index (χ4v) is 1.75. The number of carbonyl (C=O) groups excluding carboxylic acids is 1. The van der Waals surface area contributed by atoms with Crippen LogP contribution in [0, 0.1) is 5.92 Å². The summed E-state index contributed by atoms with van der Waals surface area (Å²) in [6, 6.07) is 4.36. The molecule has 2 N–H and O–H groups in total. The van der Waals surface area contributed by atoms with Crippen LogP contribution >= 0.6 is 0 Å². The molecule has 0 saturated heterocycles. The molecule has 1 aromatic rings. The van der Waals surface area contributed by atoms with E-state index >= 15 is 0 Å². The third-order valence-corrected chi connectivity index (χ3v) is 3.02. The van der Waals surface area contributed by atoms with Gasteiger partial charge in [0.25, 0.3) is 5.91 Å². The van der Waals surface area contributed by atoms with Crippen molar-refractivity contribution in [2.75, 3.05) is 20.2 Å². The minimum absolute atomic E-state index is 0.0846. The summed E-state index contributed by atoms with van der Waals surface area (Å²) in [4.78, 5) is 24.6. The number of aliphatic carboxylic acids is 1. The number of amides is 1. The van der Waals surface area contributed by atoms with Gasteiger partial charge in [-0.3, -0.25) is 9.59 Å². The van der Waals surface area contributed by atoms with Crippen LogP contribution in [0.2, 0.25) is 0 Å². The molecule has 0 heterocycles. The molecule has 0 aliphatic rings. The summed E-state index contributed by atoms with van der Waals surface area (Å²) in [5.41, 5.74) is 0.101. The molecule has 110 valence electrons. The van der Waals surface area contributed by atoms with E-state index in [9.17, 15) is 14.7 Å². The number of carboxylic acid groups (broad SMARTS) is 1. The standard InChI is InChI=1S/C14H19NO5/c1-4-15(8-9(2)14(18)19)13(17)11-7-10(20-3)5-6-12(11)16/h5-7,9,16H,4,8H2,1-3H3,(H,18,19). The maximum atomic E-state index is 12.3. The van der Waals surface area contributed by atoms with E-state index < -0.39 is 17.8 Å². The van der Waals surface area contributed by atoms with E-state index in [1.54, 1.807) is 13.0 Å². The second-order valence-electron chi connectivity index (χ2n) is 4.47. The Kier molecular flexibility index (Phi) is 5.37. The molecule has 0 bridgehead atoms. The van der Waals surface area contributed by atoms with E-state index in [4.69, 9.17) is 9.84 Å². The third kappa shape index (κ3) is 3.63. The predicted octanol–water partition coefficient (Wildman–Crippen LogP) is 1.58. The summed E-state index contributed by atoms with van der Waals surface area (Å²) in [5.74, 6) is -1.76. The molecule has 1 unspecified atom stereocenters. The zero-order valence-electron chi connectivity index (χ0n) is 11.8. The smallest absolute Gasteiger partial charge is 0.308 e. The Morgan fingerprint density at radius 3 is 2.55 bits per heavy atom. The van der Waals surface area contributed by atoms with Gasteiger partial charge in [-0.05, 0) is 25.1 Å². The fourth-order valence-electron chi connectivity index (χ4n) is 1.75. The van der Waals surface area contributed by atoms with E-state index in [0.717, 1.165) is 0 Å². The number of aromatic hydroxyl groups is 1. The lowest BCUT2D eigenvalue weighted by Crippen LogP contribution is -2.36. The number of methoxy groups -OCH3 is 1. The normalized spacial score (nSPS) is 11.8. The Balaban J connectivity index is 2.99. The lowest BCUT2D eigenvalue weighted by atomic mass is 10.1. The average molecular weight is 281 g/mol. The Hall–Kier alpha value is -2.24. The van der Waals surface area contributed by atoms with Crippen LogP contribution in [-0.4, -0.2) is 47.2 Å². The van der Waals surface area contributed by atoms with Gasteiger partial charge in [-0.25, -0.2) is 0 Å². The van der Waals surface area contributed by atoms with E-state index in [1.807, 2.05) is 0 Å². The molecular formula is C14H19NO5. The first-order valence-electron chi connectivity index (χ1n) is 6.29. The minimum Gasteiger partial charge on any atom is -0.507 e. The number of benzene rings is 1. The van der Waals surface area contributed by atoms with Crippen LogP contribution in [0.3, 0.4) is 0 Å². The number of hydrogen-bond acceptors (Lipinski definition) is 4. The van der Waals surface area contributed by atoms with Gasteiger partial charge >= 0.3 is 5.97 Å². The fraction of sp³-hybridized carbons (Fsp3) is 0.429. The van der Waals surface area contributed by atoms with E-state index in [-0.39, 0.29) is 17.9 Å². The highest BCUT2D eigenvalue weighted by Crippen LogP contribution is 2.24. The van der Waals surface area contributed by atoms with Crippen LogP contribution in [0.5, 0.6) is 11.5 Å². The quantitative estimate of drug-likeness (QED) is 0.826. The van der Waals surface area contributed by atoms with Crippen molar-refractivity contribution < 1.29 is 24.5 Å². The molecule has 1 amide bonds. The summed E-state index contributed by atoms with van der Waals surface area (Å²) in [5, 5.41) is 18.7. The van der Waals surface area contributed by atoms with Crippen molar-refractivity contribution in [3.8, 4) is 11.5 Å². The Labute approximate surface area is 117 Å². The largest absolute Gasteiger partial charge is 0.507 e. The molecule has 0 fully saturated rings. The molecule has 0 spiro atoms. The molecule has 20 heavy (non-hydrogen) atoms. The number of rotatable bonds is 6. The van der Waals surface area contributed by atoms with E-state index in [2.05, 4.69) is 0 Å². The molecule has 0 aromatic heterocycles. The molecule has 6 heteroatoms. The number of carboxylic acids is 1. The molecule has 0 aliphatic heterocycles. The highest BCUT2D eigenvalue weighted by molar-refractivity contribution is 5.97. The molecule has 0 radical (unpaired) electrons. The van der Waals surface area contributed by atoms with E-state index in [1.165, 1.54) is 31.1 Å². The second-order valence-corrected chi connectivity index (χ2v) is 4.47. The van der Waals surface area contributed by atoms with Crippen LogP contribution in [0.1, 0.15) is 24.2 Å². The van der Waals surface area contributed by atoms with Crippen molar-refractivity contribution in [2.24, 2.45) is 5.92 Å². The number of ether oxygens (including phenoxy) is 1. The van der Waals surface area contributed by atoms with Crippen molar-refractivity contribution in [1.82, 2.24) is 4.90 Å². The Morgan fingerprint density at radius 1 is 1.40 bits per heavy atom. The lowest BCUT2D eigenvalue weighted by molar-refractivity contribution is -0.141. The number of nitrogens with zero attached hydrogens (tertiary/aromatic N) is 1. The zero-order valence-corrected chi connectivity index (χ0v) is 11.8. The molecule has 1 atom stereocenters. The first-order valence-corrected chi connectivity index (χ1v) is 6.29. The number of hydrogen-bond donors (Lipinski definition) is 2. The SMILES string of the molecule is CCN(CC(C)C(=O)O)C(=O)c1cc(OC)ccc1O. The second kappa shape index (κ2) is 6.79. The summed E-state index contributed by atoms with van der Waals surface area (Å²) < 4.78 is 5.02. The van der Waals surface area contributed by atoms with Gasteiger partial charge in [-0.15, -0.1) is 0 Å². The lowest BCUT2D eigenvalue weighted by Gasteiger charge is -2.23. The van der Waals surface area contributed by atoms with Crippen molar-refractivity contribution in [1.29, 1.82) is 0 Å². The molecule has 1 rings (SSSR count). The number of carbonyl (C=O) groups is 2. The maximum absolute atomic E-state index is 12.3. The van der Waals surface area contributed by atoms with Crippen LogP contribution < -0.4 is 4.74 Å². The van der Waals surface area contributed by atoms with Crippen molar-refractivity contribution in [3.63, 3.8) is 0 Å².